The maximum Gasteiger partial charge on any atom is 0.174 e. The average Bonchev–Trinajstić information content (AvgIpc) is 3.24. The SMILES string of the molecule is CCn1cc(Cl)c(CN(C)C(=S)Nc2ccn(Cc3c(Cl)cccc3Cl)n2)n1. The van der Waals surface area contributed by atoms with Crippen molar-refractivity contribution in [3.05, 3.63) is 63.0 Å². The van der Waals surface area contributed by atoms with Crippen molar-refractivity contribution < 1.29 is 0 Å². The lowest BCUT2D eigenvalue weighted by atomic mass is 10.2. The van der Waals surface area contributed by atoms with Crippen LogP contribution in [0.25, 0.3) is 0 Å². The van der Waals surface area contributed by atoms with Gasteiger partial charge in [0.2, 0.25) is 0 Å². The van der Waals surface area contributed by atoms with Gasteiger partial charge in [-0.15, -0.1) is 0 Å². The van der Waals surface area contributed by atoms with Crippen molar-refractivity contribution in [2.24, 2.45) is 0 Å². The number of hydrogen-bond acceptors (Lipinski definition) is 3. The van der Waals surface area contributed by atoms with Crippen LogP contribution < -0.4 is 5.32 Å². The number of thiocarbonyl (C=S) groups is 1. The molecule has 1 aromatic carbocycles. The van der Waals surface area contributed by atoms with Gasteiger partial charge in [0, 0.05) is 47.7 Å². The molecular weight excluding hydrogens is 439 g/mol. The molecule has 1 N–H and O–H groups in total. The van der Waals surface area contributed by atoms with E-state index in [1.54, 1.807) is 21.5 Å². The number of anilines is 1. The number of nitrogens with zero attached hydrogens (tertiary/aromatic N) is 5. The van der Waals surface area contributed by atoms with Gasteiger partial charge < -0.3 is 10.2 Å². The summed E-state index contributed by atoms with van der Waals surface area (Å²) in [6.45, 7) is 3.73. The van der Waals surface area contributed by atoms with Crippen LogP contribution >= 0.6 is 47.0 Å². The Morgan fingerprint density at radius 2 is 1.82 bits per heavy atom. The first-order valence-corrected chi connectivity index (χ1v) is 10.1. The first-order chi connectivity index (χ1) is 13.4. The quantitative estimate of drug-likeness (QED) is 0.532. The predicted octanol–water partition coefficient (Wildman–Crippen LogP) is 4.94. The molecule has 0 amide bonds. The summed E-state index contributed by atoms with van der Waals surface area (Å²) < 4.78 is 3.54. The lowest BCUT2D eigenvalue weighted by molar-refractivity contribution is 0.492. The highest BCUT2D eigenvalue weighted by Gasteiger charge is 2.13. The minimum atomic E-state index is 0.465. The Morgan fingerprint density at radius 3 is 2.46 bits per heavy atom. The normalized spacial score (nSPS) is 10.9. The molecule has 0 bridgehead atoms. The molecule has 28 heavy (non-hydrogen) atoms. The molecule has 3 rings (SSSR count). The summed E-state index contributed by atoms with van der Waals surface area (Å²) in [6, 6.07) is 7.26. The van der Waals surface area contributed by atoms with Crippen molar-refractivity contribution in [1.82, 2.24) is 24.5 Å². The van der Waals surface area contributed by atoms with E-state index in [1.807, 2.05) is 43.4 Å². The molecule has 0 atom stereocenters. The zero-order chi connectivity index (χ0) is 20.3. The number of aromatic nitrogens is 4. The summed E-state index contributed by atoms with van der Waals surface area (Å²) in [5.41, 5.74) is 1.59. The molecule has 6 nitrogen and oxygen atoms in total. The van der Waals surface area contributed by atoms with E-state index in [4.69, 9.17) is 47.0 Å². The van der Waals surface area contributed by atoms with Crippen LogP contribution in [0.1, 0.15) is 18.2 Å². The van der Waals surface area contributed by atoms with Crippen molar-refractivity contribution in [3.63, 3.8) is 0 Å². The van der Waals surface area contributed by atoms with Gasteiger partial charge in [-0.2, -0.15) is 10.2 Å². The fourth-order valence-corrected chi connectivity index (χ4v) is 3.47. The highest BCUT2D eigenvalue weighted by Crippen LogP contribution is 2.25. The van der Waals surface area contributed by atoms with Gasteiger partial charge in [0.15, 0.2) is 10.9 Å². The molecule has 0 aliphatic heterocycles. The van der Waals surface area contributed by atoms with Crippen molar-refractivity contribution in [2.45, 2.75) is 26.6 Å². The Kier molecular flexibility index (Phi) is 6.82. The molecule has 0 saturated heterocycles. The third-order valence-electron chi connectivity index (χ3n) is 4.10. The molecular formula is C18H19Cl3N6S. The molecule has 0 radical (unpaired) electrons. The van der Waals surface area contributed by atoms with E-state index < -0.39 is 0 Å². The number of nitrogens with one attached hydrogen (secondary N) is 1. The van der Waals surface area contributed by atoms with Gasteiger partial charge in [0.25, 0.3) is 0 Å². The molecule has 0 spiro atoms. The van der Waals surface area contributed by atoms with E-state index in [1.165, 1.54) is 0 Å². The van der Waals surface area contributed by atoms with Crippen molar-refractivity contribution in [2.75, 3.05) is 12.4 Å². The number of hydrogen-bond donors (Lipinski definition) is 1. The second-order valence-corrected chi connectivity index (χ2v) is 7.77. The topological polar surface area (TPSA) is 50.9 Å². The average molecular weight is 458 g/mol. The van der Waals surface area contributed by atoms with E-state index in [2.05, 4.69) is 15.5 Å². The fraction of sp³-hybridized carbons (Fsp3) is 0.278. The second-order valence-electron chi connectivity index (χ2n) is 6.16. The standard InChI is InChI=1S/C18H19Cl3N6S/c1-3-26-10-15(21)16(23-26)11-25(2)18(28)22-17-7-8-27(24-17)9-12-13(19)5-4-6-14(12)20/h4-8,10H,3,9,11H2,1-2H3,(H,22,24,28). The van der Waals surface area contributed by atoms with Crippen LogP contribution in [-0.4, -0.2) is 36.6 Å². The smallest absolute Gasteiger partial charge is 0.174 e. The summed E-state index contributed by atoms with van der Waals surface area (Å²) >= 11 is 24.1. The van der Waals surface area contributed by atoms with Crippen LogP contribution in [0.15, 0.2) is 36.7 Å². The monoisotopic (exact) mass is 456 g/mol. The minimum absolute atomic E-state index is 0.465. The third kappa shape index (κ3) is 4.97. The molecule has 0 aliphatic rings. The number of halogens is 3. The maximum atomic E-state index is 6.23. The van der Waals surface area contributed by atoms with Crippen LogP contribution in [0.3, 0.4) is 0 Å². The summed E-state index contributed by atoms with van der Waals surface area (Å²) in [5, 5.41) is 14.4. The summed E-state index contributed by atoms with van der Waals surface area (Å²) in [4.78, 5) is 1.85. The van der Waals surface area contributed by atoms with Crippen molar-refractivity contribution in [1.29, 1.82) is 0 Å². The minimum Gasteiger partial charge on any atom is -0.346 e. The molecule has 0 saturated carbocycles. The maximum absolute atomic E-state index is 6.23. The van der Waals surface area contributed by atoms with E-state index in [9.17, 15) is 0 Å². The molecule has 10 heteroatoms. The van der Waals surface area contributed by atoms with Crippen LogP contribution in [-0.2, 0) is 19.6 Å². The summed E-state index contributed by atoms with van der Waals surface area (Å²) in [5.74, 6) is 0.630. The van der Waals surface area contributed by atoms with Gasteiger partial charge in [0.05, 0.1) is 18.1 Å². The van der Waals surface area contributed by atoms with Gasteiger partial charge in [-0.3, -0.25) is 9.36 Å². The van der Waals surface area contributed by atoms with Gasteiger partial charge >= 0.3 is 0 Å². The number of aryl methyl sites for hydroxylation is 1. The van der Waals surface area contributed by atoms with Crippen molar-refractivity contribution >= 4 is 58.0 Å². The van der Waals surface area contributed by atoms with E-state index in [0.29, 0.717) is 39.1 Å². The summed E-state index contributed by atoms with van der Waals surface area (Å²) in [7, 11) is 1.87. The predicted molar refractivity (Wildman–Crippen MR) is 118 cm³/mol. The van der Waals surface area contributed by atoms with Gasteiger partial charge in [-0.25, -0.2) is 0 Å². The summed E-state index contributed by atoms with van der Waals surface area (Å²) in [6.07, 6.45) is 3.65. The van der Waals surface area contributed by atoms with Crippen LogP contribution in [0, 0.1) is 0 Å². The zero-order valence-electron chi connectivity index (χ0n) is 15.4. The Morgan fingerprint density at radius 1 is 1.11 bits per heavy atom. The molecule has 148 valence electrons. The lowest BCUT2D eigenvalue weighted by Gasteiger charge is -2.19. The fourth-order valence-electron chi connectivity index (χ4n) is 2.57. The molecule has 0 aliphatic carbocycles. The van der Waals surface area contributed by atoms with E-state index in [0.717, 1.165) is 17.8 Å². The number of rotatable bonds is 6. The van der Waals surface area contributed by atoms with E-state index in [-0.39, 0.29) is 0 Å². The molecule has 0 unspecified atom stereocenters. The van der Waals surface area contributed by atoms with Crippen LogP contribution in [0.5, 0.6) is 0 Å². The zero-order valence-corrected chi connectivity index (χ0v) is 18.4. The Labute approximate surface area is 184 Å². The number of benzene rings is 1. The Bertz CT molecular complexity index is 963. The van der Waals surface area contributed by atoms with Crippen LogP contribution in [0.4, 0.5) is 5.82 Å². The molecule has 2 aromatic heterocycles. The van der Waals surface area contributed by atoms with Gasteiger partial charge in [-0.1, -0.05) is 40.9 Å². The largest absolute Gasteiger partial charge is 0.346 e. The molecule has 2 heterocycles. The lowest BCUT2D eigenvalue weighted by Crippen LogP contribution is -2.31. The first kappa shape index (κ1) is 20.9. The molecule has 0 fully saturated rings. The second kappa shape index (κ2) is 9.13. The third-order valence-corrected chi connectivity index (χ3v) is 5.54. The molecule has 3 aromatic rings. The van der Waals surface area contributed by atoms with Crippen molar-refractivity contribution in [3.8, 4) is 0 Å². The van der Waals surface area contributed by atoms with Crippen LogP contribution in [0.2, 0.25) is 15.1 Å². The first-order valence-electron chi connectivity index (χ1n) is 8.57. The Balaban J connectivity index is 1.62. The highest BCUT2D eigenvalue weighted by molar-refractivity contribution is 7.80. The Hall–Kier alpha value is -1.80. The highest BCUT2D eigenvalue weighted by atomic mass is 35.5. The van der Waals surface area contributed by atoms with E-state index >= 15 is 0 Å². The van der Waals surface area contributed by atoms with Gasteiger partial charge in [-0.05, 0) is 31.3 Å². The van der Waals surface area contributed by atoms with Gasteiger partial charge in [0.1, 0.15) is 5.69 Å².